The van der Waals surface area contributed by atoms with Crippen molar-refractivity contribution in [1.29, 1.82) is 0 Å². The number of hydrogen-bond donors (Lipinski definition) is 2. The minimum atomic E-state index is -3.27. The summed E-state index contributed by atoms with van der Waals surface area (Å²) in [7, 11) is -3.27. The fourth-order valence-corrected chi connectivity index (χ4v) is 3.09. The van der Waals surface area contributed by atoms with E-state index in [1.54, 1.807) is 0 Å². The molecule has 0 aliphatic carbocycles. The van der Waals surface area contributed by atoms with Crippen LogP contribution in [0, 0.1) is 0 Å². The van der Waals surface area contributed by atoms with Gasteiger partial charge in [-0.2, -0.15) is 4.31 Å². The summed E-state index contributed by atoms with van der Waals surface area (Å²) in [5, 5.41) is 18.4. The number of aliphatic hydroxyl groups excluding tert-OH is 2. The van der Waals surface area contributed by atoms with E-state index in [0.29, 0.717) is 6.42 Å². The first-order valence-electron chi connectivity index (χ1n) is 4.81. The molecule has 2 N–H and O–H groups in total. The van der Waals surface area contributed by atoms with Gasteiger partial charge in [0.05, 0.1) is 18.0 Å². The van der Waals surface area contributed by atoms with Gasteiger partial charge < -0.3 is 10.2 Å². The Morgan fingerprint density at radius 3 is 2.21 bits per heavy atom. The molecule has 0 spiro atoms. The Bertz CT molecular complexity index is 267. The highest BCUT2D eigenvalue weighted by atomic mass is 32.2. The number of unbranched alkanes of at least 4 members (excludes halogenated alkanes) is 1. The first-order valence-corrected chi connectivity index (χ1v) is 6.42. The lowest BCUT2D eigenvalue weighted by Crippen LogP contribution is -2.32. The smallest absolute Gasteiger partial charge is 0.214 e. The molecular formula is C8H17NO4S. The molecule has 0 saturated carbocycles. The van der Waals surface area contributed by atoms with Crippen molar-refractivity contribution in [2.45, 2.75) is 32.0 Å². The monoisotopic (exact) mass is 223 g/mol. The molecule has 1 fully saturated rings. The molecule has 1 saturated heterocycles. The van der Waals surface area contributed by atoms with Gasteiger partial charge in [-0.05, 0) is 6.42 Å². The number of hydrogen-bond acceptors (Lipinski definition) is 4. The number of rotatable bonds is 4. The number of sulfonamides is 1. The van der Waals surface area contributed by atoms with E-state index in [9.17, 15) is 18.6 Å². The molecule has 1 aliphatic heterocycles. The van der Waals surface area contributed by atoms with Gasteiger partial charge in [0.2, 0.25) is 10.0 Å². The molecule has 0 aromatic carbocycles. The van der Waals surface area contributed by atoms with Crippen LogP contribution in [0.15, 0.2) is 0 Å². The van der Waals surface area contributed by atoms with E-state index < -0.39 is 22.2 Å². The van der Waals surface area contributed by atoms with Crippen molar-refractivity contribution in [3.8, 4) is 0 Å². The molecule has 1 heterocycles. The van der Waals surface area contributed by atoms with Gasteiger partial charge in [0.1, 0.15) is 0 Å². The summed E-state index contributed by atoms with van der Waals surface area (Å²) in [6, 6.07) is 0. The lowest BCUT2D eigenvalue weighted by molar-refractivity contribution is 0.0572. The zero-order valence-electron chi connectivity index (χ0n) is 8.26. The van der Waals surface area contributed by atoms with Crippen LogP contribution in [0.25, 0.3) is 0 Å². The summed E-state index contributed by atoms with van der Waals surface area (Å²) in [6.07, 6.45) is -0.443. The standard InChI is InChI=1S/C8H17NO4S/c1-2-3-4-14(12,13)9-5-7(10)8(11)6-9/h7-8,10-11H,2-6H2,1H3. The Balaban J connectivity index is 2.57. The van der Waals surface area contributed by atoms with Gasteiger partial charge in [-0.3, -0.25) is 0 Å². The van der Waals surface area contributed by atoms with E-state index in [0.717, 1.165) is 10.7 Å². The molecule has 2 unspecified atom stereocenters. The van der Waals surface area contributed by atoms with Crippen LogP contribution in [0.5, 0.6) is 0 Å². The first-order chi connectivity index (χ1) is 6.47. The first kappa shape index (κ1) is 11.9. The predicted octanol–water partition coefficient (Wildman–Crippen LogP) is -0.846. The normalized spacial score (nSPS) is 29.6. The Labute approximate surface area is 84.4 Å². The van der Waals surface area contributed by atoms with Crippen LogP contribution in [0.3, 0.4) is 0 Å². The van der Waals surface area contributed by atoms with E-state index in [2.05, 4.69) is 0 Å². The Kier molecular flexibility index (Phi) is 3.88. The van der Waals surface area contributed by atoms with Gasteiger partial charge in [-0.15, -0.1) is 0 Å². The van der Waals surface area contributed by atoms with Gasteiger partial charge in [0.15, 0.2) is 0 Å². The van der Waals surface area contributed by atoms with Crippen LogP contribution in [-0.4, -0.2) is 54.0 Å². The average molecular weight is 223 g/mol. The van der Waals surface area contributed by atoms with Gasteiger partial charge in [0, 0.05) is 13.1 Å². The second kappa shape index (κ2) is 4.57. The molecule has 84 valence electrons. The van der Waals surface area contributed by atoms with E-state index >= 15 is 0 Å². The van der Waals surface area contributed by atoms with E-state index in [-0.39, 0.29) is 18.8 Å². The van der Waals surface area contributed by atoms with Gasteiger partial charge in [0.25, 0.3) is 0 Å². The molecule has 2 atom stereocenters. The van der Waals surface area contributed by atoms with Crippen LogP contribution in [0.1, 0.15) is 19.8 Å². The fourth-order valence-electron chi connectivity index (χ4n) is 1.42. The highest BCUT2D eigenvalue weighted by Crippen LogP contribution is 2.15. The van der Waals surface area contributed by atoms with Crippen molar-refractivity contribution in [2.75, 3.05) is 18.8 Å². The van der Waals surface area contributed by atoms with Gasteiger partial charge in [-0.25, -0.2) is 8.42 Å². The third-order valence-electron chi connectivity index (χ3n) is 2.37. The zero-order valence-corrected chi connectivity index (χ0v) is 9.07. The highest BCUT2D eigenvalue weighted by Gasteiger charge is 2.36. The van der Waals surface area contributed by atoms with Crippen molar-refractivity contribution < 1.29 is 18.6 Å². The summed E-state index contributed by atoms with van der Waals surface area (Å²) < 4.78 is 24.3. The van der Waals surface area contributed by atoms with Crippen molar-refractivity contribution in [1.82, 2.24) is 4.31 Å². The second-order valence-corrected chi connectivity index (χ2v) is 5.71. The number of β-amino-alcohol motifs (C(OH)–C–C–N with tert-alkyl or cyclic N) is 2. The second-order valence-electron chi connectivity index (χ2n) is 3.62. The van der Waals surface area contributed by atoms with E-state index in [1.165, 1.54) is 0 Å². The number of nitrogens with zero attached hydrogens (tertiary/aromatic N) is 1. The lowest BCUT2D eigenvalue weighted by Gasteiger charge is -2.14. The van der Waals surface area contributed by atoms with E-state index in [4.69, 9.17) is 0 Å². The fraction of sp³-hybridized carbons (Fsp3) is 1.00. The van der Waals surface area contributed by atoms with Crippen molar-refractivity contribution >= 4 is 10.0 Å². The molecule has 6 heteroatoms. The third-order valence-corrected chi connectivity index (χ3v) is 4.26. The number of aliphatic hydroxyl groups is 2. The molecule has 1 aliphatic rings. The van der Waals surface area contributed by atoms with Gasteiger partial charge >= 0.3 is 0 Å². The molecule has 14 heavy (non-hydrogen) atoms. The maximum Gasteiger partial charge on any atom is 0.214 e. The summed E-state index contributed by atoms with van der Waals surface area (Å²) in [5.41, 5.74) is 0. The van der Waals surface area contributed by atoms with E-state index in [1.807, 2.05) is 6.92 Å². The lowest BCUT2D eigenvalue weighted by atomic mass is 10.3. The quantitative estimate of drug-likeness (QED) is 0.651. The topological polar surface area (TPSA) is 77.8 Å². The Morgan fingerprint density at radius 2 is 1.79 bits per heavy atom. The van der Waals surface area contributed by atoms with Crippen LogP contribution in [0.2, 0.25) is 0 Å². The molecular weight excluding hydrogens is 206 g/mol. The Hall–Kier alpha value is -0.170. The summed E-state index contributed by atoms with van der Waals surface area (Å²) in [6.45, 7) is 1.96. The van der Waals surface area contributed by atoms with Crippen molar-refractivity contribution in [2.24, 2.45) is 0 Å². The maximum atomic E-state index is 11.6. The molecule has 0 aromatic heterocycles. The molecule has 0 amide bonds. The zero-order chi connectivity index (χ0) is 10.8. The van der Waals surface area contributed by atoms with Crippen LogP contribution < -0.4 is 0 Å². The molecule has 0 bridgehead atoms. The SMILES string of the molecule is CCCCS(=O)(=O)N1CC(O)C(O)C1. The largest absolute Gasteiger partial charge is 0.389 e. The predicted molar refractivity (Wildman–Crippen MR) is 52.3 cm³/mol. The highest BCUT2D eigenvalue weighted by molar-refractivity contribution is 7.89. The minimum Gasteiger partial charge on any atom is -0.389 e. The molecule has 1 rings (SSSR count). The van der Waals surface area contributed by atoms with Crippen LogP contribution in [-0.2, 0) is 10.0 Å². The Morgan fingerprint density at radius 1 is 1.29 bits per heavy atom. The average Bonchev–Trinajstić information content (AvgIpc) is 2.45. The van der Waals surface area contributed by atoms with Crippen molar-refractivity contribution in [3.05, 3.63) is 0 Å². The molecule has 5 nitrogen and oxygen atoms in total. The van der Waals surface area contributed by atoms with Gasteiger partial charge in [-0.1, -0.05) is 13.3 Å². The van der Waals surface area contributed by atoms with Crippen LogP contribution in [0.4, 0.5) is 0 Å². The molecule has 0 radical (unpaired) electrons. The maximum absolute atomic E-state index is 11.6. The summed E-state index contributed by atoms with van der Waals surface area (Å²) in [5.74, 6) is 0.100. The third kappa shape index (κ3) is 2.66. The summed E-state index contributed by atoms with van der Waals surface area (Å²) in [4.78, 5) is 0. The molecule has 0 aromatic rings. The minimum absolute atomic E-state index is 0.0210. The van der Waals surface area contributed by atoms with Crippen LogP contribution >= 0.6 is 0 Å². The summed E-state index contributed by atoms with van der Waals surface area (Å²) >= 11 is 0. The van der Waals surface area contributed by atoms with Crippen molar-refractivity contribution in [3.63, 3.8) is 0 Å².